The molecule has 1 aliphatic carbocycles. The molecule has 280 valence electrons. The molecule has 1 spiro atoms. The SMILES string of the molecule is CNS(C)(=O)=O.C[C@@H](OCC1(c2ccccc2)CCC2(CC1)NC(=O)N(CCN(C)S(C)(=O)=O)C2=O)c1cc(C(F)(F)F)cc(C(F)(F)F)c1. The van der Waals surface area contributed by atoms with Crippen LogP contribution in [0.2, 0.25) is 0 Å². The standard InChI is InChI=1S/C29H33F6N3O5S.C2H7NO2S/c1-19(20-15-22(28(30,31)32)17-23(16-20)29(33,34)35)43-18-26(21-7-5-4-6-8-21)9-11-27(12-10-26)24(39)38(25(40)36-27)14-13-37(2)44(3,41)42;1-3-6(2,4)5/h4-8,15-17,19H,9-14,18H2,1-3H3,(H,36,40);3H,1-2H3/t19-,26?,27?;/m1./s1. The molecule has 50 heavy (non-hydrogen) atoms. The number of hydrogen-bond acceptors (Lipinski definition) is 7. The first-order valence-corrected chi connectivity index (χ1v) is 19.0. The number of nitrogens with one attached hydrogen (secondary N) is 2. The molecule has 4 rings (SSSR count). The van der Waals surface area contributed by atoms with Crippen molar-refractivity contribution in [2.45, 2.75) is 62.0 Å². The molecule has 0 unspecified atom stereocenters. The third kappa shape index (κ3) is 10.2. The molecule has 1 saturated carbocycles. The average molecular weight is 759 g/mol. The van der Waals surface area contributed by atoms with Gasteiger partial charge in [-0.15, -0.1) is 0 Å². The summed E-state index contributed by atoms with van der Waals surface area (Å²) in [6.45, 7) is 1.08. The lowest BCUT2D eigenvalue weighted by molar-refractivity contribution is -0.143. The van der Waals surface area contributed by atoms with Crippen molar-refractivity contribution in [2.24, 2.45) is 0 Å². The highest BCUT2D eigenvalue weighted by Gasteiger charge is 2.55. The number of halogens is 6. The van der Waals surface area contributed by atoms with E-state index in [4.69, 9.17) is 4.74 Å². The van der Waals surface area contributed by atoms with Gasteiger partial charge < -0.3 is 10.1 Å². The fourth-order valence-corrected chi connectivity index (χ4v) is 6.10. The number of ether oxygens (including phenoxy) is 1. The highest BCUT2D eigenvalue weighted by Crippen LogP contribution is 2.46. The first-order valence-electron chi connectivity index (χ1n) is 15.2. The second-order valence-electron chi connectivity index (χ2n) is 12.5. The smallest absolute Gasteiger partial charge is 0.373 e. The predicted molar refractivity (Wildman–Crippen MR) is 172 cm³/mol. The van der Waals surface area contributed by atoms with E-state index in [-0.39, 0.29) is 44.2 Å². The van der Waals surface area contributed by atoms with Gasteiger partial charge in [0.1, 0.15) is 5.54 Å². The molecule has 2 aliphatic rings. The van der Waals surface area contributed by atoms with E-state index in [9.17, 15) is 52.8 Å². The van der Waals surface area contributed by atoms with Crippen molar-refractivity contribution in [3.8, 4) is 0 Å². The minimum atomic E-state index is -5.00. The molecule has 19 heteroatoms. The van der Waals surface area contributed by atoms with Gasteiger partial charge in [0.15, 0.2) is 0 Å². The number of nitrogens with zero attached hydrogens (tertiary/aromatic N) is 2. The van der Waals surface area contributed by atoms with Gasteiger partial charge in [-0.05, 0) is 69.0 Å². The zero-order valence-electron chi connectivity index (χ0n) is 28.0. The molecule has 11 nitrogen and oxygen atoms in total. The monoisotopic (exact) mass is 758 g/mol. The number of alkyl halides is 6. The summed E-state index contributed by atoms with van der Waals surface area (Å²) in [6, 6.07) is 9.75. The molecule has 2 N–H and O–H groups in total. The van der Waals surface area contributed by atoms with Gasteiger partial charge in [-0.25, -0.2) is 30.7 Å². The predicted octanol–water partition coefficient (Wildman–Crippen LogP) is 4.66. The van der Waals surface area contributed by atoms with Gasteiger partial charge in [0.25, 0.3) is 5.91 Å². The number of urea groups is 1. The number of amides is 3. The molecular weight excluding hydrogens is 718 g/mol. The van der Waals surface area contributed by atoms with Gasteiger partial charge in [0.05, 0.1) is 36.3 Å². The van der Waals surface area contributed by atoms with Crippen LogP contribution in [-0.2, 0) is 47.3 Å². The van der Waals surface area contributed by atoms with E-state index in [0.29, 0.717) is 25.0 Å². The minimum Gasteiger partial charge on any atom is -0.373 e. The van der Waals surface area contributed by atoms with Crippen LogP contribution in [0.3, 0.4) is 0 Å². The topological polar surface area (TPSA) is 142 Å². The summed E-state index contributed by atoms with van der Waals surface area (Å²) >= 11 is 0. The quantitative estimate of drug-likeness (QED) is 0.265. The van der Waals surface area contributed by atoms with E-state index < -0.39 is 72.5 Å². The summed E-state index contributed by atoms with van der Waals surface area (Å²) in [4.78, 5) is 27.2. The molecule has 2 aromatic carbocycles. The normalized spacial score (nSPS) is 22.4. The van der Waals surface area contributed by atoms with Crippen LogP contribution in [0.5, 0.6) is 0 Å². The molecule has 2 fully saturated rings. The van der Waals surface area contributed by atoms with Gasteiger partial charge in [-0.2, -0.15) is 26.3 Å². The van der Waals surface area contributed by atoms with E-state index in [2.05, 4.69) is 10.0 Å². The first kappa shape index (κ1) is 41.2. The second kappa shape index (κ2) is 15.1. The number of imide groups is 1. The van der Waals surface area contributed by atoms with Crippen LogP contribution in [0.1, 0.15) is 61.0 Å². The fraction of sp³-hybridized carbons (Fsp3) is 0.548. The fourth-order valence-electron chi connectivity index (χ4n) is 5.68. The maximum Gasteiger partial charge on any atom is 0.416 e. The largest absolute Gasteiger partial charge is 0.416 e. The molecule has 0 radical (unpaired) electrons. The Labute approximate surface area is 287 Å². The Morgan fingerprint density at radius 2 is 1.42 bits per heavy atom. The Kier molecular flexibility index (Phi) is 12.5. The van der Waals surface area contributed by atoms with Crippen LogP contribution < -0.4 is 10.0 Å². The third-order valence-electron chi connectivity index (χ3n) is 8.96. The maximum absolute atomic E-state index is 13.4. The highest BCUT2D eigenvalue weighted by molar-refractivity contribution is 7.88. The van der Waals surface area contributed by atoms with Gasteiger partial charge in [0.2, 0.25) is 20.0 Å². The van der Waals surface area contributed by atoms with Crippen molar-refractivity contribution < 1.29 is 57.5 Å². The maximum atomic E-state index is 13.4. The van der Waals surface area contributed by atoms with Gasteiger partial charge >= 0.3 is 18.4 Å². The summed E-state index contributed by atoms with van der Waals surface area (Å²) in [6.07, 6.45) is -8.02. The zero-order valence-corrected chi connectivity index (χ0v) is 29.6. The van der Waals surface area contributed by atoms with Crippen molar-refractivity contribution in [1.82, 2.24) is 19.2 Å². The Hall–Kier alpha value is -3.26. The van der Waals surface area contributed by atoms with Crippen molar-refractivity contribution in [2.75, 3.05) is 46.3 Å². The van der Waals surface area contributed by atoms with Crippen LogP contribution in [0.15, 0.2) is 48.5 Å². The number of likely N-dealkylation sites (N-methyl/N-ethyl adjacent to an activating group) is 1. The lowest BCUT2D eigenvalue weighted by atomic mass is 9.64. The zero-order chi connectivity index (χ0) is 37.9. The van der Waals surface area contributed by atoms with Crippen LogP contribution in [-0.4, -0.2) is 89.8 Å². The van der Waals surface area contributed by atoms with Crippen LogP contribution in [0, 0.1) is 0 Å². The van der Waals surface area contributed by atoms with Crippen molar-refractivity contribution in [3.63, 3.8) is 0 Å². The Morgan fingerprint density at radius 3 is 1.86 bits per heavy atom. The summed E-state index contributed by atoms with van der Waals surface area (Å²) in [5.41, 5.74) is -4.32. The molecule has 1 heterocycles. The molecular formula is C31H40F6N4O7S2. The molecule has 0 bridgehead atoms. The van der Waals surface area contributed by atoms with Gasteiger partial charge in [0, 0.05) is 25.6 Å². The summed E-state index contributed by atoms with van der Waals surface area (Å²) in [5.74, 6) is -0.482. The molecule has 3 amide bonds. The second-order valence-corrected chi connectivity index (χ2v) is 16.5. The number of carbonyl (C=O) groups is 2. The number of carbonyl (C=O) groups excluding carboxylic acids is 2. The molecule has 1 saturated heterocycles. The van der Waals surface area contributed by atoms with Gasteiger partial charge in [-0.1, -0.05) is 30.3 Å². The molecule has 1 atom stereocenters. The average Bonchev–Trinajstić information content (AvgIpc) is 3.26. The van der Waals surface area contributed by atoms with Crippen LogP contribution >= 0.6 is 0 Å². The Morgan fingerprint density at radius 1 is 0.920 bits per heavy atom. The Balaban J connectivity index is 0.00000103. The number of hydrogen-bond donors (Lipinski definition) is 2. The minimum absolute atomic E-state index is 0.0671. The summed E-state index contributed by atoms with van der Waals surface area (Å²) < 4.78 is 133. The van der Waals surface area contributed by atoms with E-state index >= 15 is 0 Å². The summed E-state index contributed by atoms with van der Waals surface area (Å²) in [5, 5.41) is 2.77. The van der Waals surface area contributed by atoms with Crippen molar-refractivity contribution in [1.29, 1.82) is 0 Å². The lowest BCUT2D eigenvalue weighted by Gasteiger charge is -2.44. The summed E-state index contributed by atoms with van der Waals surface area (Å²) in [7, 11) is -3.73. The number of benzene rings is 2. The van der Waals surface area contributed by atoms with Crippen molar-refractivity contribution >= 4 is 32.0 Å². The van der Waals surface area contributed by atoms with E-state index in [0.717, 1.165) is 27.3 Å². The third-order valence-corrected chi connectivity index (χ3v) is 11.0. The van der Waals surface area contributed by atoms with E-state index in [1.807, 2.05) is 12.1 Å². The first-order chi connectivity index (χ1) is 22.8. The van der Waals surface area contributed by atoms with Crippen molar-refractivity contribution in [3.05, 3.63) is 70.8 Å². The van der Waals surface area contributed by atoms with Crippen LogP contribution in [0.4, 0.5) is 31.1 Å². The molecule has 0 aromatic heterocycles. The highest BCUT2D eigenvalue weighted by atomic mass is 32.2. The molecule has 1 aliphatic heterocycles. The Bertz CT molecular complexity index is 1710. The molecule has 2 aromatic rings. The van der Waals surface area contributed by atoms with E-state index in [1.54, 1.807) is 18.2 Å². The number of sulfonamides is 2. The van der Waals surface area contributed by atoms with Crippen LogP contribution in [0.25, 0.3) is 0 Å². The number of rotatable bonds is 10. The lowest BCUT2D eigenvalue weighted by Crippen LogP contribution is -2.53. The van der Waals surface area contributed by atoms with E-state index in [1.165, 1.54) is 21.0 Å². The van der Waals surface area contributed by atoms with Gasteiger partial charge in [-0.3, -0.25) is 9.69 Å².